The molecule has 0 amide bonds. The van der Waals surface area contributed by atoms with Crippen molar-refractivity contribution in [3.05, 3.63) is 21.0 Å². The minimum Gasteiger partial charge on any atom is -0.371 e. The van der Waals surface area contributed by atoms with Crippen LogP contribution in [0.3, 0.4) is 0 Å². The van der Waals surface area contributed by atoms with Crippen LogP contribution in [0.1, 0.15) is 19.7 Å². The van der Waals surface area contributed by atoms with Crippen LogP contribution in [0.15, 0.2) is 4.52 Å². The van der Waals surface area contributed by atoms with Crippen molar-refractivity contribution in [1.82, 2.24) is 20.3 Å². The summed E-state index contributed by atoms with van der Waals surface area (Å²) in [5.74, 6) is -0.163. The zero-order valence-corrected chi connectivity index (χ0v) is 11.1. The molecule has 0 aliphatic carbocycles. The van der Waals surface area contributed by atoms with E-state index < -0.39 is 16.3 Å². The minimum atomic E-state index is -0.754. The molecular formula is C9H10ClN5O4. The maximum atomic E-state index is 10.6. The Morgan fingerprint density at radius 2 is 2.21 bits per heavy atom. The number of methoxy groups -OCH3 is 1. The lowest BCUT2D eigenvalue weighted by atomic mass is 10.1. The predicted octanol–water partition coefficient (Wildman–Crippen LogP) is 1.90. The van der Waals surface area contributed by atoms with Crippen LogP contribution in [0.2, 0.25) is 5.02 Å². The Morgan fingerprint density at radius 3 is 2.74 bits per heavy atom. The highest BCUT2D eigenvalue weighted by Gasteiger charge is 2.30. The van der Waals surface area contributed by atoms with Crippen LogP contribution in [0.5, 0.6) is 0 Å². The third-order valence-corrected chi connectivity index (χ3v) is 2.91. The van der Waals surface area contributed by atoms with E-state index in [1.165, 1.54) is 7.11 Å². The van der Waals surface area contributed by atoms with E-state index in [-0.39, 0.29) is 22.4 Å². The number of hydrogen-bond acceptors (Lipinski definition) is 7. The maximum absolute atomic E-state index is 10.6. The summed E-state index contributed by atoms with van der Waals surface area (Å²) in [6, 6.07) is 0. The number of halogens is 1. The summed E-state index contributed by atoms with van der Waals surface area (Å²) >= 11 is 5.82. The van der Waals surface area contributed by atoms with E-state index in [9.17, 15) is 10.1 Å². The fourth-order valence-electron chi connectivity index (χ4n) is 1.24. The van der Waals surface area contributed by atoms with Gasteiger partial charge in [-0.15, -0.1) is 5.10 Å². The standard InChI is InChI=1S/C9H10ClN5O4/c1-9(2,18-3)8-11-7(19-14-8)5-4(10)6(13-12-5)15(16)17/h1-3H3,(H,12,13). The monoisotopic (exact) mass is 287 g/mol. The van der Waals surface area contributed by atoms with E-state index in [1.807, 2.05) is 0 Å². The van der Waals surface area contributed by atoms with Crippen LogP contribution in [-0.4, -0.2) is 32.4 Å². The quantitative estimate of drug-likeness (QED) is 0.673. The van der Waals surface area contributed by atoms with Crippen LogP contribution in [0.4, 0.5) is 5.82 Å². The van der Waals surface area contributed by atoms with Gasteiger partial charge in [-0.05, 0) is 18.8 Å². The number of nitrogens with zero attached hydrogens (tertiary/aromatic N) is 4. The number of H-pyrrole nitrogens is 1. The largest absolute Gasteiger partial charge is 0.371 e. The summed E-state index contributed by atoms with van der Waals surface area (Å²) in [7, 11) is 1.50. The number of ether oxygens (including phenoxy) is 1. The van der Waals surface area contributed by atoms with Gasteiger partial charge in [0.2, 0.25) is 5.82 Å². The molecule has 0 saturated heterocycles. The fourth-order valence-corrected chi connectivity index (χ4v) is 1.47. The van der Waals surface area contributed by atoms with E-state index in [1.54, 1.807) is 13.8 Å². The molecule has 0 atom stereocenters. The molecule has 0 bridgehead atoms. The average molecular weight is 288 g/mol. The third-order valence-electron chi connectivity index (χ3n) is 2.55. The van der Waals surface area contributed by atoms with Crippen molar-refractivity contribution in [3.8, 4) is 11.6 Å². The Morgan fingerprint density at radius 1 is 1.53 bits per heavy atom. The maximum Gasteiger partial charge on any atom is 0.362 e. The second-order valence-electron chi connectivity index (χ2n) is 4.13. The van der Waals surface area contributed by atoms with Crippen molar-refractivity contribution < 1.29 is 14.2 Å². The summed E-state index contributed by atoms with van der Waals surface area (Å²) in [5.41, 5.74) is -0.727. The Bertz CT molecular complexity index is 620. The molecule has 0 unspecified atom stereocenters. The van der Waals surface area contributed by atoms with Gasteiger partial charge in [0.05, 0.1) is 0 Å². The van der Waals surface area contributed by atoms with Crippen molar-refractivity contribution in [2.75, 3.05) is 7.11 Å². The van der Waals surface area contributed by atoms with Gasteiger partial charge in [0.25, 0.3) is 5.89 Å². The SMILES string of the molecule is COC(C)(C)c1noc(-c2n[nH]c([N+](=O)[O-])c2Cl)n1. The Balaban J connectivity index is 2.42. The predicted molar refractivity (Wildman–Crippen MR) is 63.6 cm³/mol. The van der Waals surface area contributed by atoms with Crippen molar-refractivity contribution in [2.24, 2.45) is 0 Å². The summed E-state index contributed by atoms with van der Waals surface area (Å²) in [4.78, 5) is 14.0. The molecule has 0 fully saturated rings. The van der Waals surface area contributed by atoms with Gasteiger partial charge >= 0.3 is 5.82 Å². The number of aromatic amines is 1. The van der Waals surface area contributed by atoms with Crippen LogP contribution in [-0.2, 0) is 10.3 Å². The molecule has 0 aliphatic rings. The molecule has 0 radical (unpaired) electrons. The van der Waals surface area contributed by atoms with E-state index in [0.29, 0.717) is 0 Å². The number of aromatic nitrogens is 4. The van der Waals surface area contributed by atoms with Gasteiger partial charge in [-0.2, -0.15) is 4.98 Å². The molecule has 0 aromatic carbocycles. The lowest BCUT2D eigenvalue weighted by molar-refractivity contribution is -0.389. The Kier molecular flexibility index (Phi) is 3.25. The van der Waals surface area contributed by atoms with Gasteiger partial charge in [0.1, 0.15) is 5.60 Å². The minimum absolute atomic E-state index is 0.0190. The van der Waals surface area contributed by atoms with Crippen molar-refractivity contribution in [2.45, 2.75) is 19.4 Å². The first-order valence-electron chi connectivity index (χ1n) is 5.14. The molecule has 9 nitrogen and oxygen atoms in total. The molecule has 2 aromatic heterocycles. The van der Waals surface area contributed by atoms with E-state index in [2.05, 4.69) is 20.3 Å². The highest BCUT2D eigenvalue weighted by molar-refractivity contribution is 6.34. The second-order valence-corrected chi connectivity index (χ2v) is 4.51. The molecule has 10 heteroatoms. The summed E-state index contributed by atoms with van der Waals surface area (Å²) < 4.78 is 10.2. The molecule has 2 aromatic rings. The van der Waals surface area contributed by atoms with E-state index in [0.717, 1.165) is 0 Å². The number of nitrogens with one attached hydrogen (secondary N) is 1. The topological polar surface area (TPSA) is 120 Å². The molecule has 102 valence electrons. The normalized spacial score (nSPS) is 11.8. The molecule has 1 N–H and O–H groups in total. The van der Waals surface area contributed by atoms with Gasteiger partial charge in [0.15, 0.2) is 10.7 Å². The van der Waals surface area contributed by atoms with Gasteiger partial charge in [0, 0.05) is 7.11 Å². The highest BCUT2D eigenvalue weighted by Crippen LogP contribution is 2.32. The summed E-state index contributed by atoms with van der Waals surface area (Å²) in [5, 5.41) is 20.1. The van der Waals surface area contributed by atoms with Gasteiger partial charge in [-0.25, -0.2) is 0 Å². The summed E-state index contributed by atoms with van der Waals surface area (Å²) in [6.45, 7) is 3.49. The van der Waals surface area contributed by atoms with E-state index in [4.69, 9.17) is 20.9 Å². The molecular weight excluding hydrogens is 278 g/mol. The van der Waals surface area contributed by atoms with Gasteiger partial charge in [-0.1, -0.05) is 21.9 Å². The van der Waals surface area contributed by atoms with Crippen molar-refractivity contribution >= 4 is 17.4 Å². The first-order valence-corrected chi connectivity index (χ1v) is 5.52. The smallest absolute Gasteiger partial charge is 0.362 e. The third kappa shape index (κ3) is 2.29. The zero-order valence-electron chi connectivity index (χ0n) is 10.3. The van der Waals surface area contributed by atoms with Crippen molar-refractivity contribution in [1.29, 1.82) is 0 Å². The molecule has 19 heavy (non-hydrogen) atoms. The van der Waals surface area contributed by atoms with Crippen LogP contribution in [0, 0.1) is 10.1 Å². The van der Waals surface area contributed by atoms with Crippen molar-refractivity contribution in [3.63, 3.8) is 0 Å². The van der Waals surface area contributed by atoms with E-state index >= 15 is 0 Å². The number of hydrogen-bond donors (Lipinski definition) is 1. The molecule has 0 spiro atoms. The molecule has 0 saturated carbocycles. The number of rotatable bonds is 4. The second kappa shape index (κ2) is 4.59. The Hall–Kier alpha value is -2.00. The Labute approximate surface area is 112 Å². The number of nitro groups is 1. The fraction of sp³-hybridized carbons (Fsp3) is 0.444. The summed E-state index contributed by atoms with van der Waals surface area (Å²) in [6.07, 6.45) is 0. The van der Waals surface area contributed by atoms with Crippen LogP contribution >= 0.6 is 11.6 Å². The average Bonchev–Trinajstić information content (AvgIpc) is 2.95. The lowest BCUT2D eigenvalue weighted by Crippen LogP contribution is -2.21. The molecule has 0 aliphatic heterocycles. The van der Waals surface area contributed by atoms with Gasteiger partial charge in [-0.3, -0.25) is 0 Å². The first-order chi connectivity index (χ1) is 8.86. The molecule has 2 rings (SSSR count). The molecule has 2 heterocycles. The van der Waals surface area contributed by atoms with Crippen LogP contribution in [0.25, 0.3) is 11.6 Å². The lowest BCUT2D eigenvalue weighted by Gasteiger charge is -2.17. The van der Waals surface area contributed by atoms with Gasteiger partial charge < -0.3 is 19.4 Å². The zero-order chi connectivity index (χ0) is 14.2. The first kappa shape index (κ1) is 13.4. The van der Waals surface area contributed by atoms with Crippen LogP contribution < -0.4 is 0 Å². The highest BCUT2D eigenvalue weighted by atomic mass is 35.5.